The molecule has 0 aromatic rings. The van der Waals surface area contributed by atoms with Gasteiger partial charge in [-0.05, 0) is 51.0 Å². The Bertz CT molecular complexity index is 315. The molecule has 102 valence electrons. The van der Waals surface area contributed by atoms with Crippen LogP contribution in [0.2, 0.25) is 0 Å². The topological polar surface area (TPSA) is 41.6 Å². The van der Waals surface area contributed by atoms with Crippen molar-refractivity contribution >= 4 is 5.91 Å². The molecular formula is C14H24N2O2. The number of ether oxygens (including phenoxy) is 1. The summed E-state index contributed by atoms with van der Waals surface area (Å²) < 4.78 is 5.77. The van der Waals surface area contributed by atoms with Crippen LogP contribution in [-0.4, -0.2) is 49.7 Å². The summed E-state index contributed by atoms with van der Waals surface area (Å²) in [6, 6.07) is 0.0334. The van der Waals surface area contributed by atoms with E-state index in [1.54, 1.807) is 0 Å². The fourth-order valence-electron chi connectivity index (χ4n) is 3.42. The average Bonchev–Trinajstić information content (AvgIpc) is 3.14. The molecule has 2 saturated heterocycles. The lowest BCUT2D eigenvalue weighted by Gasteiger charge is -2.31. The fourth-order valence-corrected chi connectivity index (χ4v) is 3.42. The van der Waals surface area contributed by atoms with Gasteiger partial charge in [0, 0.05) is 19.7 Å². The molecule has 0 spiro atoms. The number of nitrogens with one attached hydrogen (secondary N) is 1. The first-order valence-corrected chi connectivity index (χ1v) is 7.35. The Morgan fingerprint density at radius 2 is 2.22 bits per heavy atom. The number of hydrogen-bond acceptors (Lipinski definition) is 3. The quantitative estimate of drug-likeness (QED) is 0.815. The molecule has 1 amide bonds. The third kappa shape index (κ3) is 2.54. The third-order valence-corrected chi connectivity index (χ3v) is 4.72. The highest BCUT2D eigenvalue weighted by Gasteiger charge is 2.45. The second-order valence-corrected chi connectivity index (χ2v) is 6.06. The van der Waals surface area contributed by atoms with Crippen LogP contribution in [0.3, 0.4) is 0 Å². The summed E-state index contributed by atoms with van der Waals surface area (Å²) in [5.41, 5.74) is 0. The number of likely N-dealkylation sites (N-methyl/N-ethyl adjacent to an activating group) is 1. The third-order valence-electron chi connectivity index (χ3n) is 4.72. The first kappa shape index (κ1) is 12.4. The molecule has 1 aliphatic carbocycles. The molecule has 0 bridgehead atoms. The maximum absolute atomic E-state index is 12.4. The van der Waals surface area contributed by atoms with Crippen molar-refractivity contribution in [1.82, 2.24) is 10.2 Å². The van der Waals surface area contributed by atoms with Crippen LogP contribution in [0, 0.1) is 11.8 Å². The van der Waals surface area contributed by atoms with Gasteiger partial charge in [-0.2, -0.15) is 0 Å². The second-order valence-electron chi connectivity index (χ2n) is 6.06. The number of hydrogen-bond donors (Lipinski definition) is 1. The molecule has 2 aliphatic heterocycles. The van der Waals surface area contributed by atoms with Gasteiger partial charge in [0.1, 0.15) is 0 Å². The van der Waals surface area contributed by atoms with E-state index < -0.39 is 0 Å². The monoisotopic (exact) mass is 252 g/mol. The van der Waals surface area contributed by atoms with Crippen LogP contribution >= 0.6 is 0 Å². The van der Waals surface area contributed by atoms with Crippen LogP contribution < -0.4 is 5.32 Å². The fraction of sp³-hybridized carbons (Fsp3) is 0.929. The highest BCUT2D eigenvalue weighted by atomic mass is 16.5. The standard InChI is InChI=1S/C14H24N2O2/c1-15-13-7-10-6-11(10)8-16(14(13)17)9-12-4-2-3-5-18-12/h10-13,15H,2-9H2,1H3. The zero-order chi connectivity index (χ0) is 12.5. The van der Waals surface area contributed by atoms with Crippen LogP contribution in [0.4, 0.5) is 0 Å². The van der Waals surface area contributed by atoms with E-state index in [4.69, 9.17) is 4.74 Å². The first-order chi connectivity index (χ1) is 8.78. The molecule has 0 aromatic heterocycles. The molecule has 4 heteroatoms. The number of fused-ring (bicyclic) bond motifs is 1. The predicted molar refractivity (Wildman–Crippen MR) is 69.2 cm³/mol. The van der Waals surface area contributed by atoms with Crippen LogP contribution in [0.15, 0.2) is 0 Å². The zero-order valence-electron chi connectivity index (χ0n) is 11.2. The molecule has 3 fully saturated rings. The summed E-state index contributed by atoms with van der Waals surface area (Å²) in [6.45, 7) is 2.63. The number of nitrogens with zero attached hydrogens (tertiary/aromatic N) is 1. The van der Waals surface area contributed by atoms with E-state index in [1.165, 1.54) is 19.3 Å². The summed E-state index contributed by atoms with van der Waals surface area (Å²) in [5.74, 6) is 1.83. The Morgan fingerprint density at radius 1 is 1.33 bits per heavy atom. The van der Waals surface area contributed by atoms with Gasteiger partial charge in [-0.3, -0.25) is 4.79 Å². The van der Waals surface area contributed by atoms with E-state index in [-0.39, 0.29) is 12.1 Å². The molecule has 3 rings (SSSR count). The van der Waals surface area contributed by atoms with E-state index in [0.29, 0.717) is 5.91 Å². The molecular weight excluding hydrogens is 228 g/mol. The van der Waals surface area contributed by atoms with Gasteiger partial charge in [-0.1, -0.05) is 0 Å². The van der Waals surface area contributed by atoms with Crippen LogP contribution in [-0.2, 0) is 9.53 Å². The van der Waals surface area contributed by atoms with Gasteiger partial charge in [0.05, 0.1) is 12.1 Å². The van der Waals surface area contributed by atoms with Crippen molar-refractivity contribution in [2.24, 2.45) is 11.8 Å². The molecule has 4 unspecified atom stereocenters. The maximum atomic E-state index is 12.4. The molecule has 3 aliphatic rings. The van der Waals surface area contributed by atoms with Crippen molar-refractivity contribution in [2.45, 2.75) is 44.2 Å². The normalized spacial score (nSPS) is 40.3. The van der Waals surface area contributed by atoms with Gasteiger partial charge < -0.3 is 15.0 Å². The van der Waals surface area contributed by atoms with Crippen LogP contribution in [0.5, 0.6) is 0 Å². The van der Waals surface area contributed by atoms with Crippen molar-refractivity contribution in [1.29, 1.82) is 0 Å². The van der Waals surface area contributed by atoms with Gasteiger partial charge in [0.2, 0.25) is 5.91 Å². The van der Waals surface area contributed by atoms with Gasteiger partial charge in [0.15, 0.2) is 0 Å². The second kappa shape index (κ2) is 5.17. The maximum Gasteiger partial charge on any atom is 0.239 e. The van der Waals surface area contributed by atoms with Gasteiger partial charge >= 0.3 is 0 Å². The van der Waals surface area contributed by atoms with Crippen molar-refractivity contribution in [2.75, 3.05) is 26.7 Å². The lowest BCUT2D eigenvalue weighted by atomic mass is 10.1. The lowest BCUT2D eigenvalue weighted by Crippen LogP contribution is -2.48. The van der Waals surface area contributed by atoms with Crippen LogP contribution in [0.1, 0.15) is 32.1 Å². The van der Waals surface area contributed by atoms with Gasteiger partial charge in [-0.15, -0.1) is 0 Å². The van der Waals surface area contributed by atoms with E-state index in [9.17, 15) is 4.79 Å². The van der Waals surface area contributed by atoms with Crippen molar-refractivity contribution in [3.63, 3.8) is 0 Å². The Balaban J connectivity index is 1.63. The van der Waals surface area contributed by atoms with Gasteiger partial charge in [0.25, 0.3) is 0 Å². The minimum atomic E-state index is 0.0334. The highest BCUT2D eigenvalue weighted by Crippen LogP contribution is 2.44. The average molecular weight is 252 g/mol. The Hall–Kier alpha value is -0.610. The lowest BCUT2D eigenvalue weighted by molar-refractivity contribution is -0.135. The number of carbonyl (C=O) groups is 1. The number of amides is 1. The van der Waals surface area contributed by atoms with Crippen molar-refractivity contribution in [3.05, 3.63) is 0 Å². The van der Waals surface area contributed by atoms with Crippen molar-refractivity contribution < 1.29 is 9.53 Å². The molecule has 1 N–H and O–H groups in total. The summed E-state index contributed by atoms with van der Waals surface area (Å²) >= 11 is 0. The molecule has 4 atom stereocenters. The number of carbonyl (C=O) groups excluding carboxylic acids is 1. The summed E-state index contributed by atoms with van der Waals surface area (Å²) in [7, 11) is 1.90. The molecule has 0 aromatic carbocycles. The number of rotatable bonds is 3. The molecule has 4 nitrogen and oxygen atoms in total. The summed E-state index contributed by atoms with van der Waals surface area (Å²) in [6.07, 6.45) is 6.15. The molecule has 0 radical (unpaired) electrons. The van der Waals surface area contributed by atoms with E-state index >= 15 is 0 Å². The van der Waals surface area contributed by atoms with Gasteiger partial charge in [-0.25, -0.2) is 0 Å². The SMILES string of the molecule is CNC1CC2CC2CN(CC2CCCCO2)C1=O. The highest BCUT2D eigenvalue weighted by molar-refractivity contribution is 5.82. The smallest absolute Gasteiger partial charge is 0.239 e. The molecule has 18 heavy (non-hydrogen) atoms. The largest absolute Gasteiger partial charge is 0.376 e. The molecule has 2 heterocycles. The summed E-state index contributed by atoms with van der Waals surface area (Å²) in [5, 5.41) is 3.19. The first-order valence-electron chi connectivity index (χ1n) is 7.35. The summed E-state index contributed by atoms with van der Waals surface area (Å²) in [4.78, 5) is 14.5. The van der Waals surface area contributed by atoms with E-state index in [2.05, 4.69) is 10.2 Å². The van der Waals surface area contributed by atoms with Crippen molar-refractivity contribution in [3.8, 4) is 0 Å². The van der Waals surface area contributed by atoms with Crippen LogP contribution in [0.25, 0.3) is 0 Å². The van der Waals surface area contributed by atoms with E-state index in [1.807, 2.05) is 7.05 Å². The minimum Gasteiger partial charge on any atom is -0.376 e. The predicted octanol–water partition coefficient (Wildman–Crippen LogP) is 1.01. The molecule has 1 saturated carbocycles. The Kier molecular flexibility index (Phi) is 3.57. The zero-order valence-corrected chi connectivity index (χ0v) is 11.2. The Morgan fingerprint density at radius 3 is 2.94 bits per heavy atom. The van der Waals surface area contributed by atoms with E-state index in [0.717, 1.165) is 44.4 Å². The minimum absolute atomic E-state index is 0.0334. The number of likely N-dealkylation sites (tertiary alicyclic amines) is 1. The Labute approximate surface area is 109 Å².